The van der Waals surface area contributed by atoms with Gasteiger partial charge < -0.3 is 19.3 Å². The first kappa shape index (κ1) is 11.5. The van der Waals surface area contributed by atoms with Gasteiger partial charge in [0.1, 0.15) is 17.8 Å². The van der Waals surface area contributed by atoms with E-state index in [1.54, 1.807) is 0 Å². The highest BCUT2D eigenvalue weighted by atomic mass is 16.6. The van der Waals surface area contributed by atoms with Gasteiger partial charge in [-0.25, -0.2) is 0 Å². The van der Waals surface area contributed by atoms with Crippen LogP contribution in [0, 0.1) is 16.7 Å². The minimum atomic E-state index is -0.828. The standard InChI is InChI=1S/C14H16O6/c1-11-5-18-10(17)8(11)9-13-4-7(16)19-14(11,13)3-6(15)12(13,2)20-9/h6,8-9,15H,3-5H2,1-2H3/t6-,8?,9?,11+,12+,13?,14?/m0/s1. The maximum absolute atomic E-state index is 12.1. The molecule has 2 aliphatic carbocycles. The van der Waals surface area contributed by atoms with E-state index in [-0.39, 0.29) is 31.1 Å². The molecule has 1 spiro atoms. The van der Waals surface area contributed by atoms with Gasteiger partial charge in [0, 0.05) is 6.42 Å². The van der Waals surface area contributed by atoms with Crippen molar-refractivity contribution in [2.24, 2.45) is 16.7 Å². The van der Waals surface area contributed by atoms with E-state index in [4.69, 9.17) is 14.2 Å². The first-order chi connectivity index (χ1) is 9.32. The van der Waals surface area contributed by atoms with Crippen LogP contribution < -0.4 is 0 Å². The molecule has 108 valence electrons. The number of carbonyl (C=O) groups excluding carboxylic acids is 2. The van der Waals surface area contributed by atoms with E-state index in [1.807, 2.05) is 13.8 Å². The second-order valence-corrected chi connectivity index (χ2v) is 7.32. The number of esters is 2. The van der Waals surface area contributed by atoms with Gasteiger partial charge in [0.15, 0.2) is 0 Å². The van der Waals surface area contributed by atoms with Gasteiger partial charge in [0.05, 0.1) is 35.4 Å². The van der Waals surface area contributed by atoms with E-state index < -0.39 is 34.1 Å². The fraction of sp³-hybridized carbons (Fsp3) is 0.857. The molecule has 0 amide bonds. The predicted molar refractivity (Wildman–Crippen MR) is 62.3 cm³/mol. The van der Waals surface area contributed by atoms with E-state index in [0.29, 0.717) is 6.42 Å². The molecular weight excluding hydrogens is 264 g/mol. The van der Waals surface area contributed by atoms with Crippen LogP contribution in [0.5, 0.6) is 0 Å². The molecule has 0 aromatic heterocycles. The summed E-state index contributed by atoms with van der Waals surface area (Å²) in [6.07, 6.45) is -0.503. The van der Waals surface area contributed by atoms with E-state index >= 15 is 0 Å². The third kappa shape index (κ3) is 0.700. The molecule has 1 N–H and O–H groups in total. The first-order valence-electron chi connectivity index (χ1n) is 7.07. The van der Waals surface area contributed by atoms with Crippen molar-refractivity contribution in [1.82, 2.24) is 0 Å². The number of cyclic esters (lactones) is 1. The van der Waals surface area contributed by atoms with Crippen LogP contribution >= 0.6 is 0 Å². The van der Waals surface area contributed by atoms with Gasteiger partial charge in [0.2, 0.25) is 0 Å². The molecule has 0 radical (unpaired) electrons. The molecule has 5 rings (SSSR count). The third-order valence-corrected chi connectivity index (χ3v) is 6.97. The fourth-order valence-electron chi connectivity index (χ4n) is 6.06. The number of ether oxygens (including phenoxy) is 3. The first-order valence-corrected chi connectivity index (χ1v) is 7.07. The molecule has 4 unspecified atom stereocenters. The zero-order valence-corrected chi connectivity index (χ0v) is 11.3. The van der Waals surface area contributed by atoms with Gasteiger partial charge >= 0.3 is 11.9 Å². The lowest BCUT2D eigenvalue weighted by Gasteiger charge is -2.58. The number of hydrogen-bond acceptors (Lipinski definition) is 6. The molecule has 7 atom stereocenters. The lowest BCUT2D eigenvalue weighted by molar-refractivity contribution is -0.326. The molecular formula is C14H16O6. The van der Waals surface area contributed by atoms with Crippen molar-refractivity contribution in [2.75, 3.05) is 6.61 Å². The van der Waals surface area contributed by atoms with Gasteiger partial charge in [-0.3, -0.25) is 9.59 Å². The average Bonchev–Trinajstić information content (AvgIpc) is 2.92. The molecule has 2 saturated carbocycles. The highest BCUT2D eigenvalue weighted by molar-refractivity contribution is 5.84. The van der Waals surface area contributed by atoms with Crippen molar-refractivity contribution in [3.63, 3.8) is 0 Å². The zero-order chi connectivity index (χ0) is 14.1. The highest BCUT2D eigenvalue weighted by Gasteiger charge is 2.96. The van der Waals surface area contributed by atoms with Crippen LogP contribution in [-0.4, -0.2) is 47.1 Å². The second kappa shape index (κ2) is 2.64. The summed E-state index contributed by atoms with van der Waals surface area (Å²) in [4.78, 5) is 24.1. The van der Waals surface area contributed by atoms with Crippen LogP contribution in [0.4, 0.5) is 0 Å². The Morgan fingerprint density at radius 2 is 2.05 bits per heavy atom. The third-order valence-electron chi connectivity index (χ3n) is 6.97. The maximum atomic E-state index is 12.1. The van der Waals surface area contributed by atoms with Crippen molar-refractivity contribution in [3.8, 4) is 0 Å². The van der Waals surface area contributed by atoms with Crippen LogP contribution in [-0.2, 0) is 23.8 Å². The Morgan fingerprint density at radius 1 is 1.30 bits per heavy atom. The van der Waals surface area contributed by atoms with Gasteiger partial charge in [-0.1, -0.05) is 6.92 Å². The van der Waals surface area contributed by atoms with Crippen molar-refractivity contribution < 1.29 is 28.9 Å². The number of aliphatic hydroxyl groups excluding tert-OH is 1. The largest absolute Gasteiger partial charge is 0.465 e. The average molecular weight is 280 g/mol. The number of aliphatic hydroxyl groups is 1. The van der Waals surface area contributed by atoms with Crippen LogP contribution in [0.1, 0.15) is 26.7 Å². The van der Waals surface area contributed by atoms with E-state index in [1.165, 1.54) is 0 Å². The minimum Gasteiger partial charge on any atom is -0.465 e. The summed E-state index contributed by atoms with van der Waals surface area (Å²) in [5, 5.41) is 10.4. The van der Waals surface area contributed by atoms with Gasteiger partial charge in [-0.05, 0) is 6.92 Å². The number of fused-ring (bicyclic) bond motifs is 2. The molecule has 5 fully saturated rings. The molecule has 20 heavy (non-hydrogen) atoms. The maximum Gasteiger partial charge on any atom is 0.312 e. The molecule has 6 nitrogen and oxygen atoms in total. The molecule has 3 saturated heterocycles. The van der Waals surface area contributed by atoms with Crippen molar-refractivity contribution in [2.45, 2.75) is 50.1 Å². The molecule has 5 aliphatic rings. The lowest BCUT2D eigenvalue weighted by Crippen LogP contribution is -2.71. The Hall–Kier alpha value is -1.14. The monoisotopic (exact) mass is 280 g/mol. The zero-order valence-electron chi connectivity index (χ0n) is 11.3. The molecule has 0 aromatic carbocycles. The fourth-order valence-corrected chi connectivity index (χ4v) is 6.06. The van der Waals surface area contributed by atoms with Gasteiger partial charge in [0.25, 0.3) is 0 Å². The van der Waals surface area contributed by atoms with E-state index in [2.05, 4.69) is 0 Å². The summed E-state index contributed by atoms with van der Waals surface area (Å²) >= 11 is 0. The lowest BCUT2D eigenvalue weighted by atomic mass is 9.60. The molecule has 0 bridgehead atoms. The molecule has 6 heteroatoms. The Labute approximate surface area is 115 Å². The van der Waals surface area contributed by atoms with Crippen LogP contribution in [0.3, 0.4) is 0 Å². The number of carbonyl (C=O) groups is 2. The van der Waals surface area contributed by atoms with Crippen molar-refractivity contribution in [3.05, 3.63) is 0 Å². The Bertz CT molecular complexity index is 588. The smallest absolute Gasteiger partial charge is 0.312 e. The summed E-state index contributed by atoms with van der Waals surface area (Å²) in [7, 11) is 0. The van der Waals surface area contributed by atoms with Crippen LogP contribution in [0.2, 0.25) is 0 Å². The second-order valence-electron chi connectivity index (χ2n) is 7.32. The Balaban J connectivity index is 1.81. The normalized spacial score (nSPS) is 65.2. The minimum absolute atomic E-state index is 0.227. The van der Waals surface area contributed by atoms with Crippen molar-refractivity contribution >= 4 is 11.9 Å². The Morgan fingerprint density at radius 3 is 2.80 bits per heavy atom. The molecule has 0 aromatic rings. The van der Waals surface area contributed by atoms with Crippen LogP contribution in [0.15, 0.2) is 0 Å². The summed E-state index contributed by atoms with van der Waals surface area (Å²) in [5.74, 6) is -0.910. The highest BCUT2D eigenvalue weighted by Crippen LogP contribution is 2.82. The number of hydrogen-bond donors (Lipinski definition) is 1. The van der Waals surface area contributed by atoms with Crippen molar-refractivity contribution in [1.29, 1.82) is 0 Å². The molecule has 3 aliphatic heterocycles. The summed E-state index contributed by atoms with van der Waals surface area (Å²) < 4.78 is 17.0. The number of rotatable bonds is 0. The van der Waals surface area contributed by atoms with Crippen LogP contribution in [0.25, 0.3) is 0 Å². The van der Waals surface area contributed by atoms with Gasteiger partial charge in [-0.15, -0.1) is 0 Å². The van der Waals surface area contributed by atoms with E-state index in [9.17, 15) is 14.7 Å². The molecule has 3 heterocycles. The SMILES string of the molecule is C[C@@]12COC(=O)C1C1O[C@]3(C)[C@@H](O)CC24OC(=O)CC143. The summed E-state index contributed by atoms with van der Waals surface area (Å²) in [6.45, 7) is 4.00. The topological polar surface area (TPSA) is 82.1 Å². The summed E-state index contributed by atoms with van der Waals surface area (Å²) in [5.41, 5.74) is -2.80. The quantitative estimate of drug-likeness (QED) is 0.617. The predicted octanol–water partition coefficient (Wildman–Crippen LogP) is -0.227. The van der Waals surface area contributed by atoms with Gasteiger partial charge in [-0.2, -0.15) is 0 Å². The van der Waals surface area contributed by atoms with E-state index in [0.717, 1.165) is 0 Å². The Kier molecular flexibility index (Phi) is 1.52. The summed E-state index contributed by atoms with van der Waals surface area (Å²) in [6, 6.07) is 0.